The molecule has 0 aromatic heterocycles. The van der Waals surface area contributed by atoms with Crippen LogP contribution in [0, 0.1) is 35.5 Å². The lowest BCUT2D eigenvalue weighted by Crippen LogP contribution is -2.05. The highest BCUT2D eigenvalue weighted by Crippen LogP contribution is 2.17. The molecule has 11 heavy (non-hydrogen) atoms. The molecule has 0 fully saturated rings. The molecule has 0 aliphatic carbocycles. The Bertz CT molecular complexity index is 202. The van der Waals surface area contributed by atoms with E-state index in [1.807, 2.05) is 13.8 Å². The van der Waals surface area contributed by atoms with Crippen molar-refractivity contribution < 1.29 is 0 Å². The predicted molar refractivity (Wildman–Crippen MR) is 48.1 cm³/mol. The lowest BCUT2D eigenvalue weighted by atomic mass is 9.91. The molecule has 0 aliphatic heterocycles. The first-order chi connectivity index (χ1) is 4.98. The summed E-state index contributed by atoms with van der Waals surface area (Å²) in [6.07, 6.45) is 7.70. The molecule has 0 rings (SSSR count). The molecular formula is C11H15. The van der Waals surface area contributed by atoms with Crippen molar-refractivity contribution in [3.05, 3.63) is 6.42 Å². The molecule has 0 aliphatic rings. The highest BCUT2D eigenvalue weighted by atomic mass is 14.1. The van der Waals surface area contributed by atoms with Gasteiger partial charge in [-0.05, 0) is 20.3 Å². The van der Waals surface area contributed by atoms with Crippen molar-refractivity contribution in [1.29, 1.82) is 0 Å². The van der Waals surface area contributed by atoms with Crippen LogP contribution in [0.4, 0.5) is 0 Å². The van der Waals surface area contributed by atoms with E-state index in [2.05, 4.69) is 31.6 Å². The number of rotatable bonds is 1. The molecule has 0 aromatic rings. The molecule has 0 heteroatoms. The standard InChI is InChI=1S/C11H15/c1-6-11(4,5)9-7-8-10(2)3/h10H,9H2,2-5H3. The molecule has 0 nitrogen and oxygen atoms in total. The normalized spacial score (nSPS) is 10.2. The fourth-order valence-corrected chi connectivity index (χ4v) is 0.520. The molecule has 1 radical (unpaired) electrons. The van der Waals surface area contributed by atoms with Gasteiger partial charge in [0.15, 0.2) is 0 Å². The van der Waals surface area contributed by atoms with E-state index in [0.717, 1.165) is 6.42 Å². The Hall–Kier alpha value is -0.880. The second kappa shape index (κ2) is 4.09. The molecule has 0 amide bonds. The van der Waals surface area contributed by atoms with Gasteiger partial charge in [-0.25, -0.2) is 0 Å². The van der Waals surface area contributed by atoms with Crippen molar-refractivity contribution in [1.82, 2.24) is 0 Å². The van der Waals surface area contributed by atoms with E-state index in [-0.39, 0.29) is 5.41 Å². The fourth-order valence-electron chi connectivity index (χ4n) is 0.520. The minimum atomic E-state index is -0.179. The van der Waals surface area contributed by atoms with Crippen molar-refractivity contribution in [2.45, 2.75) is 34.1 Å². The van der Waals surface area contributed by atoms with Crippen molar-refractivity contribution in [3.63, 3.8) is 0 Å². The summed E-state index contributed by atoms with van der Waals surface area (Å²) >= 11 is 0. The van der Waals surface area contributed by atoms with Gasteiger partial charge in [0.25, 0.3) is 0 Å². The Kier molecular flexibility index (Phi) is 3.77. The van der Waals surface area contributed by atoms with Gasteiger partial charge in [-0.2, -0.15) is 0 Å². The van der Waals surface area contributed by atoms with Crippen LogP contribution < -0.4 is 0 Å². The highest BCUT2D eigenvalue weighted by molar-refractivity contribution is 5.09. The SMILES string of the molecule is [C]#CC(C)(C)CC#CC(C)C. The predicted octanol–water partition coefficient (Wildman–Crippen LogP) is 2.65. The van der Waals surface area contributed by atoms with Gasteiger partial charge in [0, 0.05) is 17.8 Å². The Balaban J connectivity index is 3.93. The summed E-state index contributed by atoms with van der Waals surface area (Å²) in [5.41, 5.74) is -0.179. The van der Waals surface area contributed by atoms with E-state index in [1.165, 1.54) is 0 Å². The fraction of sp³-hybridized carbons (Fsp3) is 0.636. The van der Waals surface area contributed by atoms with Gasteiger partial charge in [-0.1, -0.05) is 19.8 Å². The molecule has 0 atom stereocenters. The summed E-state index contributed by atoms with van der Waals surface area (Å²) in [4.78, 5) is 0. The monoisotopic (exact) mass is 147 g/mol. The van der Waals surface area contributed by atoms with Crippen molar-refractivity contribution in [3.8, 4) is 17.8 Å². The van der Waals surface area contributed by atoms with Gasteiger partial charge in [0.2, 0.25) is 0 Å². The Morgan fingerprint density at radius 2 is 1.91 bits per heavy atom. The van der Waals surface area contributed by atoms with Gasteiger partial charge < -0.3 is 0 Å². The summed E-state index contributed by atoms with van der Waals surface area (Å²) in [5.74, 6) is 9.00. The molecule has 0 N–H and O–H groups in total. The van der Waals surface area contributed by atoms with Crippen LogP contribution in [0.5, 0.6) is 0 Å². The summed E-state index contributed by atoms with van der Waals surface area (Å²) in [6.45, 7) is 8.06. The van der Waals surface area contributed by atoms with Crippen LogP contribution in [0.25, 0.3) is 0 Å². The second-order valence-electron chi connectivity index (χ2n) is 3.66. The molecule has 0 saturated carbocycles. The van der Waals surface area contributed by atoms with Gasteiger partial charge in [-0.15, -0.1) is 11.8 Å². The van der Waals surface area contributed by atoms with Gasteiger partial charge >= 0.3 is 0 Å². The zero-order valence-electron chi connectivity index (χ0n) is 7.78. The first-order valence-electron chi connectivity index (χ1n) is 3.90. The van der Waals surface area contributed by atoms with Crippen molar-refractivity contribution in [2.24, 2.45) is 11.3 Å². The smallest absolute Gasteiger partial charge is 0.0377 e. The topological polar surface area (TPSA) is 0 Å². The average molecular weight is 147 g/mol. The van der Waals surface area contributed by atoms with Gasteiger partial charge in [0.05, 0.1) is 0 Å². The second-order valence-corrected chi connectivity index (χ2v) is 3.66. The first kappa shape index (κ1) is 10.1. The van der Waals surface area contributed by atoms with Gasteiger partial charge in [0.1, 0.15) is 0 Å². The van der Waals surface area contributed by atoms with E-state index in [0.29, 0.717) is 5.92 Å². The third-order valence-corrected chi connectivity index (χ3v) is 1.26. The summed E-state index contributed by atoms with van der Waals surface area (Å²) in [5, 5.41) is 0. The van der Waals surface area contributed by atoms with Crippen molar-refractivity contribution in [2.75, 3.05) is 0 Å². The zero-order chi connectivity index (χ0) is 8.91. The maximum absolute atomic E-state index is 6.97. The number of hydrogen-bond acceptors (Lipinski definition) is 0. The molecule has 0 bridgehead atoms. The van der Waals surface area contributed by atoms with E-state index >= 15 is 0 Å². The minimum absolute atomic E-state index is 0.179. The molecular weight excluding hydrogens is 132 g/mol. The summed E-state index contributed by atoms with van der Waals surface area (Å²) < 4.78 is 0. The largest absolute Gasteiger partial charge is 0.101 e. The Morgan fingerprint density at radius 1 is 1.36 bits per heavy atom. The Morgan fingerprint density at radius 3 is 2.27 bits per heavy atom. The zero-order valence-corrected chi connectivity index (χ0v) is 7.78. The lowest BCUT2D eigenvalue weighted by molar-refractivity contribution is 0.521. The van der Waals surface area contributed by atoms with Crippen molar-refractivity contribution >= 4 is 0 Å². The quantitative estimate of drug-likeness (QED) is 0.500. The van der Waals surface area contributed by atoms with E-state index < -0.39 is 0 Å². The molecule has 0 saturated heterocycles. The third kappa shape index (κ3) is 5.56. The summed E-state index contributed by atoms with van der Waals surface area (Å²) in [7, 11) is 0. The van der Waals surface area contributed by atoms with Crippen LogP contribution in [0.3, 0.4) is 0 Å². The molecule has 59 valence electrons. The summed E-state index contributed by atoms with van der Waals surface area (Å²) in [6, 6.07) is 0. The molecule has 0 spiro atoms. The van der Waals surface area contributed by atoms with E-state index in [9.17, 15) is 0 Å². The molecule has 0 unspecified atom stereocenters. The maximum atomic E-state index is 6.97. The van der Waals surface area contributed by atoms with Crippen LogP contribution in [-0.4, -0.2) is 0 Å². The van der Waals surface area contributed by atoms with Crippen LogP contribution in [0.2, 0.25) is 0 Å². The molecule has 0 aromatic carbocycles. The lowest BCUT2D eigenvalue weighted by Gasteiger charge is -2.11. The maximum Gasteiger partial charge on any atom is 0.0377 e. The van der Waals surface area contributed by atoms with E-state index in [1.54, 1.807) is 0 Å². The van der Waals surface area contributed by atoms with Crippen LogP contribution in [0.15, 0.2) is 0 Å². The Labute approximate surface area is 70.4 Å². The number of hydrogen-bond donors (Lipinski definition) is 0. The average Bonchev–Trinajstić information content (AvgIpc) is 1.87. The highest BCUT2D eigenvalue weighted by Gasteiger charge is 2.10. The van der Waals surface area contributed by atoms with Crippen LogP contribution in [0.1, 0.15) is 34.1 Å². The van der Waals surface area contributed by atoms with Crippen LogP contribution >= 0.6 is 0 Å². The van der Waals surface area contributed by atoms with Gasteiger partial charge in [-0.3, -0.25) is 0 Å². The molecule has 0 heterocycles. The first-order valence-corrected chi connectivity index (χ1v) is 3.90. The van der Waals surface area contributed by atoms with E-state index in [4.69, 9.17) is 6.42 Å². The third-order valence-electron chi connectivity index (χ3n) is 1.26. The van der Waals surface area contributed by atoms with Crippen LogP contribution in [-0.2, 0) is 0 Å². The minimum Gasteiger partial charge on any atom is -0.101 e.